The van der Waals surface area contributed by atoms with E-state index in [1.165, 1.54) is 0 Å². The van der Waals surface area contributed by atoms with E-state index in [-0.39, 0.29) is 25.1 Å². The van der Waals surface area contributed by atoms with Gasteiger partial charge in [-0.1, -0.05) is 0 Å². The Morgan fingerprint density at radius 1 is 1.50 bits per heavy atom. The fraction of sp³-hybridized carbons (Fsp3) is 0.750. The largest absolute Gasteiger partial charge is 0.368 e. The molecule has 0 bridgehead atoms. The molecule has 0 spiro atoms. The van der Waals surface area contributed by atoms with Gasteiger partial charge in [-0.25, -0.2) is 0 Å². The summed E-state index contributed by atoms with van der Waals surface area (Å²) in [5.41, 5.74) is 7.18. The first-order valence-electron chi connectivity index (χ1n) is 4.33. The number of hydrogen-bond donors (Lipinski definition) is 2. The Hall–Kier alpha value is -1.14. The fourth-order valence-electron chi connectivity index (χ4n) is 0.648. The van der Waals surface area contributed by atoms with Crippen molar-refractivity contribution in [3.05, 3.63) is 0 Å². The SMILES string of the molecule is CC(C)N(C)C(=O)CNOCC(N)=O. The van der Waals surface area contributed by atoms with Gasteiger partial charge in [0.1, 0.15) is 13.2 Å². The molecule has 82 valence electrons. The molecule has 0 rings (SSSR count). The maximum Gasteiger partial charge on any atom is 0.245 e. The van der Waals surface area contributed by atoms with Crippen molar-refractivity contribution >= 4 is 11.8 Å². The van der Waals surface area contributed by atoms with Crippen molar-refractivity contribution in [2.45, 2.75) is 19.9 Å². The van der Waals surface area contributed by atoms with Crippen LogP contribution in [0.2, 0.25) is 0 Å². The molecule has 0 aromatic carbocycles. The molecule has 3 N–H and O–H groups in total. The van der Waals surface area contributed by atoms with Crippen molar-refractivity contribution in [3.8, 4) is 0 Å². The van der Waals surface area contributed by atoms with Crippen LogP contribution in [0.25, 0.3) is 0 Å². The summed E-state index contributed by atoms with van der Waals surface area (Å²) in [6.07, 6.45) is 0. The van der Waals surface area contributed by atoms with Crippen LogP contribution in [0.5, 0.6) is 0 Å². The monoisotopic (exact) mass is 203 g/mol. The van der Waals surface area contributed by atoms with Gasteiger partial charge in [0.05, 0.1) is 0 Å². The van der Waals surface area contributed by atoms with Gasteiger partial charge in [-0.15, -0.1) is 0 Å². The number of rotatable bonds is 6. The van der Waals surface area contributed by atoms with Gasteiger partial charge in [-0.05, 0) is 13.8 Å². The lowest BCUT2D eigenvalue weighted by Crippen LogP contribution is -2.40. The summed E-state index contributed by atoms with van der Waals surface area (Å²) >= 11 is 0. The molecule has 14 heavy (non-hydrogen) atoms. The lowest BCUT2D eigenvalue weighted by atomic mass is 10.3. The van der Waals surface area contributed by atoms with Crippen LogP contribution in [0, 0.1) is 0 Å². The van der Waals surface area contributed by atoms with Crippen molar-refractivity contribution < 1.29 is 14.4 Å². The van der Waals surface area contributed by atoms with E-state index >= 15 is 0 Å². The van der Waals surface area contributed by atoms with Crippen molar-refractivity contribution in [1.29, 1.82) is 0 Å². The Morgan fingerprint density at radius 3 is 2.50 bits per heavy atom. The fourth-order valence-corrected chi connectivity index (χ4v) is 0.648. The molecule has 0 fully saturated rings. The molecule has 2 amide bonds. The lowest BCUT2D eigenvalue weighted by Gasteiger charge is -2.21. The number of primary amides is 1. The van der Waals surface area contributed by atoms with Crippen molar-refractivity contribution in [2.75, 3.05) is 20.2 Å². The number of hydrogen-bond acceptors (Lipinski definition) is 4. The molecule has 0 heterocycles. The number of carbonyl (C=O) groups excluding carboxylic acids is 2. The molecule has 0 aromatic rings. The first-order valence-corrected chi connectivity index (χ1v) is 4.33. The molecule has 0 aliphatic rings. The zero-order valence-corrected chi connectivity index (χ0v) is 8.74. The predicted octanol–water partition coefficient (Wildman–Crippen LogP) is -1.14. The molecule has 0 saturated heterocycles. The number of nitrogens with two attached hydrogens (primary N) is 1. The van der Waals surface area contributed by atoms with Gasteiger partial charge < -0.3 is 10.6 Å². The van der Waals surface area contributed by atoms with E-state index in [0.29, 0.717) is 0 Å². The number of hydroxylamine groups is 1. The second kappa shape index (κ2) is 6.33. The number of nitrogens with one attached hydrogen (secondary N) is 1. The Morgan fingerprint density at radius 2 is 2.07 bits per heavy atom. The van der Waals surface area contributed by atoms with Crippen LogP contribution in [-0.2, 0) is 14.4 Å². The summed E-state index contributed by atoms with van der Waals surface area (Å²) in [5, 5.41) is 0. The molecular formula is C8H17N3O3. The molecule has 0 radical (unpaired) electrons. The topological polar surface area (TPSA) is 84.7 Å². The molecule has 0 aliphatic heterocycles. The summed E-state index contributed by atoms with van der Waals surface area (Å²) in [6, 6.07) is 0.139. The Balaban J connectivity index is 3.59. The Bertz CT molecular complexity index is 206. The Kier molecular flexibility index (Phi) is 5.82. The third-order valence-electron chi connectivity index (χ3n) is 1.71. The van der Waals surface area contributed by atoms with E-state index in [1.807, 2.05) is 13.8 Å². The summed E-state index contributed by atoms with van der Waals surface area (Å²) in [6.45, 7) is 3.60. The lowest BCUT2D eigenvalue weighted by molar-refractivity contribution is -0.135. The van der Waals surface area contributed by atoms with Crippen LogP contribution in [0.15, 0.2) is 0 Å². The normalized spacial score (nSPS) is 10.3. The first-order chi connectivity index (χ1) is 6.45. The molecular weight excluding hydrogens is 186 g/mol. The number of nitrogens with zero attached hydrogens (tertiary/aromatic N) is 1. The van der Waals surface area contributed by atoms with E-state index in [9.17, 15) is 9.59 Å². The zero-order chi connectivity index (χ0) is 11.1. The molecule has 0 aliphatic carbocycles. The zero-order valence-electron chi connectivity index (χ0n) is 8.74. The number of amides is 2. The van der Waals surface area contributed by atoms with Crippen LogP contribution in [0.4, 0.5) is 0 Å². The summed E-state index contributed by atoms with van der Waals surface area (Å²) in [4.78, 5) is 27.7. The van der Waals surface area contributed by atoms with Crippen LogP contribution >= 0.6 is 0 Å². The maximum absolute atomic E-state index is 11.3. The summed E-state index contributed by atoms with van der Waals surface area (Å²) in [5.74, 6) is -0.688. The smallest absolute Gasteiger partial charge is 0.245 e. The third kappa shape index (κ3) is 5.50. The van der Waals surface area contributed by atoms with Crippen molar-refractivity contribution in [2.24, 2.45) is 5.73 Å². The van der Waals surface area contributed by atoms with E-state index in [4.69, 9.17) is 5.73 Å². The van der Waals surface area contributed by atoms with Crippen LogP contribution < -0.4 is 11.2 Å². The average molecular weight is 203 g/mol. The van der Waals surface area contributed by atoms with Crippen molar-refractivity contribution in [1.82, 2.24) is 10.4 Å². The highest BCUT2D eigenvalue weighted by Gasteiger charge is 2.10. The molecule has 0 aromatic heterocycles. The van der Waals surface area contributed by atoms with Gasteiger partial charge in [-0.2, -0.15) is 5.48 Å². The average Bonchev–Trinajstić information content (AvgIpc) is 2.10. The van der Waals surface area contributed by atoms with Crippen LogP contribution in [0.3, 0.4) is 0 Å². The Labute approximate surface area is 83.3 Å². The minimum absolute atomic E-state index is 0.0297. The number of carbonyl (C=O) groups is 2. The van der Waals surface area contributed by atoms with E-state index in [0.717, 1.165) is 0 Å². The van der Waals surface area contributed by atoms with Crippen LogP contribution in [0.1, 0.15) is 13.8 Å². The van der Waals surface area contributed by atoms with Gasteiger partial charge in [0.2, 0.25) is 11.8 Å². The van der Waals surface area contributed by atoms with Gasteiger partial charge >= 0.3 is 0 Å². The number of likely N-dealkylation sites (N-methyl/N-ethyl adjacent to an activating group) is 1. The molecule has 0 unspecified atom stereocenters. The molecule has 6 heteroatoms. The third-order valence-corrected chi connectivity index (χ3v) is 1.71. The second-order valence-corrected chi connectivity index (χ2v) is 3.17. The minimum atomic E-state index is -0.581. The highest BCUT2D eigenvalue weighted by Crippen LogP contribution is 1.92. The van der Waals surface area contributed by atoms with E-state index < -0.39 is 5.91 Å². The minimum Gasteiger partial charge on any atom is -0.368 e. The van der Waals surface area contributed by atoms with Gasteiger partial charge in [-0.3, -0.25) is 14.4 Å². The summed E-state index contributed by atoms with van der Waals surface area (Å²) < 4.78 is 0. The van der Waals surface area contributed by atoms with Crippen molar-refractivity contribution in [3.63, 3.8) is 0 Å². The van der Waals surface area contributed by atoms with Gasteiger partial charge in [0.15, 0.2) is 0 Å². The molecule has 6 nitrogen and oxygen atoms in total. The first kappa shape index (κ1) is 12.9. The quantitative estimate of drug-likeness (QED) is 0.422. The molecule has 0 saturated carbocycles. The van der Waals surface area contributed by atoms with Gasteiger partial charge in [0, 0.05) is 13.1 Å². The van der Waals surface area contributed by atoms with Gasteiger partial charge in [0.25, 0.3) is 0 Å². The second-order valence-electron chi connectivity index (χ2n) is 3.17. The standard InChI is InChI=1S/C8H17N3O3/c1-6(2)11(3)8(13)4-10-14-5-7(9)12/h6,10H,4-5H2,1-3H3,(H2,9,12). The highest BCUT2D eigenvalue weighted by atomic mass is 16.6. The van der Waals surface area contributed by atoms with E-state index in [1.54, 1.807) is 11.9 Å². The van der Waals surface area contributed by atoms with E-state index in [2.05, 4.69) is 10.3 Å². The maximum atomic E-state index is 11.3. The highest BCUT2D eigenvalue weighted by molar-refractivity contribution is 5.78. The summed E-state index contributed by atoms with van der Waals surface area (Å²) in [7, 11) is 1.70. The molecule has 0 atom stereocenters. The van der Waals surface area contributed by atoms with Crippen LogP contribution in [-0.4, -0.2) is 43.0 Å². The predicted molar refractivity (Wildman–Crippen MR) is 51.1 cm³/mol.